The molecule has 0 aliphatic heterocycles. The van der Waals surface area contributed by atoms with Gasteiger partial charge in [0.05, 0.1) is 5.69 Å². The van der Waals surface area contributed by atoms with Gasteiger partial charge in [-0.2, -0.15) is 0 Å². The molecule has 2 aromatic rings. The Bertz CT molecular complexity index is 425. The van der Waals surface area contributed by atoms with Crippen molar-refractivity contribution in [3.05, 3.63) is 33.2 Å². The molecule has 1 aromatic heterocycles. The smallest absolute Gasteiger partial charge is 0.180 e. The van der Waals surface area contributed by atoms with Crippen molar-refractivity contribution in [2.45, 2.75) is 0 Å². The van der Waals surface area contributed by atoms with Crippen LogP contribution in [-0.4, -0.2) is 4.98 Å². The number of thiazole rings is 1. The monoisotopic (exact) mass is 302 g/mol. The minimum absolute atomic E-state index is 0.620. The first-order chi connectivity index (χ1) is 6.27. The highest BCUT2D eigenvalue weighted by Crippen LogP contribution is 2.26. The quantitative estimate of drug-likeness (QED) is 0.823. The van der Waals surface area contributed by atoms with Crippen LogP contribution in [0.5, 0.6) is 0 Å². The number of nitrogen functional groups attached to an aromatic ring is 1. The lowest BCUT2D eigenvalue weighted by atomic mass is 10.2. The van der Waals surface area contributed by atoms with Crippen LogP contribution in [0.3, 0.4) is 0 Å². The second-order valence-electron chi connectivity index (χ2n) is 2.55. The summed E-state index contributed by atoms with van der Waals surface area (Å²) < 4.78 is 1.20. The van der Waals surface area contributed by atoms with Crippen LogP contribution in [0.15, 0.2) is 29.6 Å². The van der Waals surface area contributed by atoms with Gasteiger partial charge in [0.25, 0.3) is 0 Å². The van der Waals surface area contributed by atoms with Gasteiger partial charge in [-0.3, -0.25) is 0 Å². The van der Waals surface area contributed by atoms with E-state index in [1.165, 1.54) is 14.9 Å². The highest BCUT2D eigenvalue weighted by atomic mass is 127. The maximum absolute atomic E-state index is 5.57. The zero-order valence-electron chi connectivity index (χ0n) is 6.70. The molecule has 2 nitrogen and oxygen atoms in total. The van der Waals surface area contributed by atoms with Gasteiger partial charge in [-0.05, 0) is 28.7 Å². The Morgan fingerprint density at radius 1 is 1.31 bits per heavy atom. The number of aromatic nitrogens is 1. The molecule has 0 aliphatic carbocycles. The summed E-state index contributed by atoms with van der Waals surface area (Å²) in [5, 5.41) is 2.60. The zero-order valence-corrected chi connectivity index (χ0v) is 9.67. The van der Waals surface area contributed by atoms with E-state index in [2.05, 4.69) is 39.7 Å². The maximum atomic E-state index is 5.57. The minimum Gasteiger partial charge on any atom is -0.375 e. The fraction of sp³-hybridized carbons (Fsp3) is 0. The van der Waals surface area contributed by atoms with Crippen LogP contribution in [0, 0.1) is 3.57 Å². The molecule has 0 fully saturated rings. The van der Waals surface area contributed by atoms with Crippen molar-refractivity contribution >= 4 is 39.1 Å². The van der Waals surface area contributed by atoms with E-state index in [4.69, 9.17) is 5.73 Å². The Morgan fingerprint density at radius 3 is 2.69 bits per heavy atom. The molecule has 66 valence electrons. The third-order valence-corrected chi connectivity index (χ3v) is 3.29. The molecule has 0 bridgehead atoms. The predicted octanol–water partition coefficient (Wildman–Crippen LogP) is 3.00. The molecule has 0 radical (unpaired) electrons. The third-order valence-electron chi connectivity index (χ3n) is 1.67. The molecule has 0 atom stereocenters. The second-order valence-corrected chi connectivity index (χ2v) is 4.60. The third kappa shape index (κ3) is 1.83. The van der Waals surface area contributed by atoms with Crippen molar-refractivity contribution in [1.29, 1.82) is 0 Å². The van der Waals surface area contributed by atoms with Crippen LogP contribution in [-0.2, 0) is 0 Å². The highest BCUT2D eigenvalue weighted by Gasteiger charge is 2.04. The summed E-state index contributed by atoms with van der Waals surface area (Å²) in [4.78, 5) is 4.23. The summed E-state index contributed by atoms with van der Waals surface area (Å²) in [6, 6.07) is 8.13. The van der Waals surface area contributed by atoms with Gasteiger partial charge in [0, 0.05) is 14.5 Å². The van der Waals surface area contributed by atoms with Gasteiger partial charge in [-0.15, -0.1) is 11.3 Å². The average Bonchev–Trinajstić information content (AvgIpc) is 2.53. The van der Waals surface area contributed by atoms with Crippen molar-refractivity contribution in [2.75, 3.05) is 5.73 Å². The normalized spacial score (nSPS) is 10.2. The predicted molar refractivity (Wildman–Crippen MR) is 64.7 cm³/mol. The summed E-state index contributed by atoms with van der Waals surface area (Å²) in [7, 11) is 0. The van der Waals surface area contributed by atoms with E-state index >= 15 is 0 Å². The number of nitrogens with zero attached hydrogens (tertiary/aromatic N) is 1. The molecule has 0 amide bonds. The zero-order chi connectivity index (χ0) is 9.26. The number of hydrogen-bond acceptors (Lipinski definition) is 3. The number of nitrogens with two attached hydrogens (primary N) is 1. The molecule has 0 spiro atoms. The topological polar surface area (TPSA) is 38.9 Å². The first-order valence-corrected chi connectivity index (χ1v) is 5.69. The Balaban J connectivity index is 2.52. The summed E-state index contributed by atoms with van der Waals surface area (Å²) >= 11 is 3.77. The van der Waals surface area contributed by atoms with Crippen molar-refractivity contribution in [1.82, 2.24) is 4.98 Å². The lowest BCUT2D eigenvalue weighted by Crippen LogP contribution is -1.84. The van der Waals surface area contributed by atoms with Gasteiger partial charge in [0.2, 0.25) is 0 Å². The summed E-state index contributed by atoms with van der Waals surface area (Å²) in [5.41, 5.74) is 7.69. The van der Waals surface area contributed by atoms with E-state index in [1.54, 1.807) is 0 Å². The fourth-order valence-corrected chi connectivity index (χ4v) is 2.31. The average molecular weight is 302 g/mol. The first kappa shape index (κ1) is 8.96. The van der Waals surface area contributed by atoms with Gasteiger partial charge >= 0.3 is 0 Å². The maximum Gasteiger partial charge on any atom is 0.180 e. The molecule has 0 unspecified atom stereocenters. The van der Waals surface area contributed by atoms with Gasteiger partial charge in [0.15, 0.2) is 5.13 Å². The van der Waals surface area contributed by atoms with Crippen LogP contribution in [0.25, 0.3) is 11.3 Å². The Morgan fingerprint density at radius 2 is 2.08 bits per heavy atom. The molecule has 2 N–H and O–H groups in total. The molecule has 2 rings (SSSR count). The molecular formula is C9H7IN2S. The molecule has 0 aliphatic rings. The molecule has 4 heteroatoms. The number of halogens is 1. The molecule has 0 saturated heterocycles. The summed E-state index contributed by atoms with van der Waals surface area (Å²) in [6.07, 6.45) is 0. The van der Waals surface area contributed by atoms with Crippen LogP contribution in [0.1, 0.15) is 0 Å². The van der Waals surface area contributed by atoms with Crippen molar-refractivity contribution < 1.29 is 0 Å². The highest BCUT2D eigenvalue weighted by molar-refractivity contribution is 14.1. The Labute approximate surface area is 94.0 Å². The van der Waals surface area contributed by atoms with Crippen molar-refractivity contribution in [3.63, 3.8) is 0 Å². The molecule has 1 heterocycles. The van der Waals surface area contributed by atoms with E-state index in [0.717, 1.165) is 11.3 Å². The molecule has 0 saturated carbocycles. The lowest BCUT2D eigenvalue weighted by molar-refractivity contribution is 1.40. The summed E-state index contributed by atoms with van der Waals surface area (Å²) in [6.45, 7) is 0. The van der Waals surface area contributed by atoms with Gasteiger partial charge < -0.3 is 5.73 Å². The van der Waals surface area contributed by atoms with E-state index in [0.29, 0.717) is 5.13 Å². The fourth-order valence-electron chi connectivity index (χ4n) is 1.08. The number of anilines is 1. The lowest BCUT2D eigenvalue weighted by Gasteiger charge is -1.98. The van der Waals surface area contributed by atoms with Gasteiger partial charge in [-0.1, -0.05) is 18.2 Å². The number of hydrogen-bond donors (Lipinski definition) is 1. The van der Waals surface area contributed by atoms with Crippen LogP contribution in [0.4, 0.5) is 5.13 Å². The number of benzene rings is 1. The first-order valence-electron chi connectivity index (χ1n) is 3.73. The molecular weight excluding hydrogens is 295 g/mol. The van der Waals surface area contributed by atoms with Crippen molar-refractivity contribution in [2.24, 2.45) is 0 Å². The second kappa shape index (κ2) is 3.63. The van der Waals surface area contributed by atoms with E-state index in [9.17, 15) is 0 Å². The standard InChI is InChI=1S/C9H7IN2S/c10-7-4-2-1-3-6(7)8-5-13-9(11)12-8/h1-5H,(H2,11,12). The van der Waals surface area contributed by atoms with Crippen LogP contribution in [0.2, 0.25) is 0 Å². The molecule has 1 aromatic carbocycles. The largest absolute Gasteiger partial charge is 0.375 e. The van der Waals surface area contributed by atoms with Crippen LogP contribution < -0.4 is 5.73 Å². The minimum atomic E-state index is 0.620. The van der Waals surface area contributed by atoms with E-state index < -0.39 is 0 Å². The van der Waals surface area contributed by atoms with E-state index in [-0.39, 0.29) is 0 Å². The summed E-state index contributed by atoms with van der Waals surface area (Å²) in [5.74, 6) is 0. The van der Waals surface area contributed by atoms with Crippen molar-refractivity contribution in [3.8, 4) is 11.3 Å². The SMILES string of the molecule is Nc1nc(-c2ccccc2I)cs1. The van der Waals surface area contributed by atoms with E-state index in [1.807, 2.05) is 17.5 Å². The number of rotatable bonds is 1. The van der Waals surface area contributed by atoms with Crippen LogP contribution >= 0.6 is 33.9 Å². The Hall–Kier alpha value is -0.620. The molecule has 13 heavy (non-hydrogen) atoms. The van der Waals surface area contributed by atoms with Gasteiger partial charge in [-0.25, -0.2) is 4.98 Å². The Kier molecular flexibility index (Phi) is 2.50. The van der Waals surface area contributed by atoms with Gasteiger partial charge in [0.1, 0.15) is 0 Å².